The minimum Gasteiger partial charge on any atom is -0.482 e. The second-order valence-electron chi connectivity index (χ2n) is 4.99. The second-order valence-corrected chi connectivity index (χ2v) is 5.40. The number of nitrogens with zero attached hydrogens (tertiary/aromatic N) is 4. The Bertz CT molecular complexity index is 986. The van der Waals surface area contributed by atoms with Crippen LogP contribution in [0, 0.1) is 0 Å². The third-order valence-corrected chi connectivity index (χ3v) is 3.68. The lowest BCUT2D eigenvalue weighted by molar-refractivity contribution is -0.118. The summed E-state index contributed by atoms with van der Waals surface area (Å²) in [7, 11) is 0. The van der Waals surface area contributed by atoms with E-state index in [1.165, 1.54) is 24.8 Å². The van der Waals surface area contributed by atoms with Crippen LogP contribution in [-0.4, -0.2) is 38.0 Å². The number of hydrogen-bond acceptors (Lipinski definition) is 6. The molecule has 0 saturated carbocycles. The average molecular weight is 345 g/mol. The molecule has 0 aliphatic carbocycles. The Morgan fingerprint density at radius 2 is 2.29 bits per heavy atom. The van der Waals surface area contributed by atoms with Gasteiger partial charge in [0.05, 0.1) is 22.6 Å². The van der Waals surface area contributed by atoms with Gasteiger partial charge in [0.25, 0.3) is 11.8 Å². The van der Waals surface area contributed by atoms with Crippen molar-refractivity contribution in [2.75, 3.05) is 17.2 Å². The van der Waals surface area contributed by atoms with E-state index in [0.29, 0.717) is 22.8 Å². The number of fused-ring (bicyclic) bond motifs is 2. The summed E-state index contributed by atoms with van der Waals surface area (Å²) in [4.78, 5) is 27.7. The molecule has 0 bridgehead atoms. The second kappa shape index (κ2) is 5.46. The Kier molecular flexibility index (Phi) is 3.28. The van der Waals surface area contributed by atoms with E-state index in [1.54, 1.807) is 10.5 Å². The molecule has 1 aliphatic rings. The van der Waals surface area contributed by atoms with Crippen molar-refractivity contribution < 1.29 is 14.3 Å². The van der Waals surface area contributed by atoms with E-state index in [-0.39, 0.29) is 23.2 Å². The maximum Gasteiger partial charge on any atom is 0.275 e. The van der Waals surface area contributed by atoms with Gasteiger partial charge >= 0.3 is 0 Å². The fourth-order valence-electron chi connectivity index (χ4n) is 2.24. The Morgan fingerprint density at radius 1 is 1.42 bits per heavy atom. The molecule has 1 aromatic carbocycles. The zero-order chi connectivity index (χ0) is 16.7. The number of anilines is 2. The normalized spacial score (nSPS) is 13.1. The van der Waals surface area contributed by atoms with Crippen molar-refractivity contribution in [3.63, 3.8) is 0 Å². The number of rotatable bonds is 2. The van der Waals surface area contributed by atoms with Gasteiger partial charge < -0.3 is 15.4 Å². The van der Waals surface area contributed by atoms with Crippen LogP contribution < -0.4 is 15.4 Å². The molecule has 1 aliphatic heterocycles. The van der Waals surface area contributed by atoms with Gasteiger partial charge in [-0.2, -0.15) is 0 Å². The highest BCUT2D eigenvalue weighted by Crippen LogP contribution is 2.36. The van der Waals surface area contributed by atoms with Gasteiger partial charge in [-0.15, -0.1) is 10.2 Å². The molecule has 9 nitrogen and oxygen atoms in total. The standard InChI is InChI=1S/C14H9ClN6O3/c15-7-1-9-11(24-5-13(22)18-9)2-8(7)19-14(23)10-4-21-6-17-20-12(21)3-16-10/h1-4,6H,5H2,(H,18,22)(H,19,23). The molecule has 2 aromatic heterocycles. The van der Waals surface area contributed by atoms with E-state index in [1.807, 2.05) is 0 Å². The zero-order valence-electron chi connectivity index (χ0n) is 12.0. The summed E-state index contributed by atoms with van der Waals surface area (Å²) in [6.07, 6.45) is 4.42. The zero-order valence-corrected chi connectivity index (χ0v) is 12.7. The Morgan fingerprint density at radius 3 is 3.17 bits per heavy atom. The number of ether oxygens (including phenoxy) is 1. The van der Waals surface area contributed by atoms with Crippen LogP contribution in [0.25, 0.3) is 5.65 Å². The van der Waals surface area contributed by atoms with E-state index in [4.69, 9.17) is 16.3 Å². The van der Waals surface area contributed by atoms with E-state index < -0.39 is 5.91 Å². The molecule has 3 aromatic rings. The van der Waals surface area contributed by atoms with Crippen LogP contribution in [0.2, 0.25) is 5.02 Å². The van der Waals surface area contributed by atoms with Crippen LogP contribution in [0.1, 0.15) is 10.5 Å². The van der Waals surface area contributed by atoms with Gasteiger partial charge in [-0.25, -0.2) is 4.98 Å². The lowest BCUT2D eigenvalue weighted by Crippen LogP contribution is -2.25. The SMILES string of the molecule is O=C1COc2cc(NC(=O)c3cn4cnnc4cn3)c(Cl)cc2N1. The summed E-state index contributed by atoms with van der Waals surface area (Å²) in [5.41, 5.74) is 1.51. The number of carbonyl (C=O) groups is 2. The molecule has 24 heavy (non-hydrogen) atoms. The Hall–Kier alpha value is -3.20. The molecule has 0 spiro atoms. The first kappa shape index (κ1) is 14.4. The van der Waals surface area contributed by atoms with Gasteiger partial charge in [-0.05, 0) is 6.07 Å². The lowest BCUT2D eigenvalue weighted by atomic mass is 10.2. The van der Waals surface area contributed by atoms with Crippen LogP contribution >= 0.6 is 11.6 Å². The molecule has 10 heteroatoms. The molecule has 2 N–H and O–H groups in total. The first-order valence-electron chi connectivity index (χ1n) is 6.83. The molecule has 2 amide bonds. The molecular formula is C14H9ClN6O3. The number of halogens is 1. The van der Waals surface area contributed by atoms with Gasteiger partial charge in [0.15, 0.2) is 12.3 Å². The lowest BCUT2D eigenvalue weighted by Gasteiger charge is -2.19. The molecule has 3 heterocycles. The topological polar surface area (TPSA) is 111 Å². The highest BCUT2D eigenvalue weighted by Gasteiger charge is 2.19. The third-order valence-electron chi connectivity index (χ3n) is 3.36. The van der Waals surface area contributed by atoms with Crippen molar-refractivity contribution in [3.8, 4) is 5.75 Å². The number of carbonyl (C=O) groups excluding carboxylic acids is 2. The maximum absolute atomic E-state index is 12.4. The summed E-state index contributed by atoms with van der Waals surface area (Å²) in [6.45, 7) is -0.0894. The Labute approximate surface area is 139 Å². The van der Waals surface area contributed by atoms with Gasteiger partial charge in [0.2, 0.25) is 0 Å². The van der Waals surface area contributed by atoms with Crippen molar-refractivity contribution in [3.05, 3.63) is 41.6 Å². The van der Waals surface area contributed by atoms with Crippen molar-refractivity contribution >= 4 is 40.4 Å². The molecule has 0 fully saturated rings. The highest BCUT2D eigenvalue weighted by atomic mass is 35.5. The van der Waals surface area contributed by atoms with Crippen molar-refractivity contribution in [1.29, 1.82) is 0 Å². The van der Waals surface area contributed by atoms with E-state index >= 15 is 0 Å². The molecule has 0 atom stereocenters. The average Bonchev–Trinajstić information content (AvgIpc) is 3.03. The number of aromatic nitrogens is 4. The number of nitrogens with one attached hydrogen (secondary N) is 2. The number of hydrogen-bond donors (Lipinski definition) is 2. The summed E-state index contributed by atoms with van der Waals surface area (Å²) in [5.74, 6) is -0.286. The van der Waals surface area contributed by atoms with Crippen LogP contribution in [0.5, 0.6) is 5.75 Å². The molecule has 0 saturated heterocycles. The van der Waals surface area contributed by atoms with Crippen LogP contribution in [-0.2, 0) is 4.79 Å². The van der Waals surface area contributed by atoms with Gasteiger partial charge in [0, 0.05) is 12.3 Å². The van der Waals surface area contributed by atoms with E-state index in [0.717, 1.165) is 0 Å². The first-order valence-corrected chi connectivity index (χ1v) is 7.21. The number of amides is 2. The van der Waals surface area contributed by atoms with Crippen molar-refractivity contribution in [2.24, 2.45) is 0 Å². The quantitative estimate of drug-likeness (QED) is 0.726. The largest absolute Gasteiger partial charge is 0.482 e. The minimum atomic E-state index is -0.452. The summed E-state index contributed by atoms with van der Waals surface area (Å²) >= 11 is 6.15. The number of benzene rings is 1. The molecule has 120 valence electrons. The Balaban J connectivity index is 1.62. The van der Waals surface area contributed by atoms with Crippen LogP contribution in [0.4, 0.5) is 11.4 Å². The predicted molar refractivity (Wildman–Crippen MR) is 84.3 cm³/mol. The smallest absolute Gasteiger partial charge is 0.275 e. The molecule has 0 radical (unpaired) electrons. The summed E-state index contributed by atoms with van der Waals surface area (Å²) in [6, 6.07) is 3.06. The summed E-state index contributed by atoms with van der Waals surface area (Å²) < 4.78 is 6.89. The minimum absolute atomic E-state index is 0.0894. The van der Waals surface area contributed by atoms with Gasteiger partial charge in [-0.1, -0.05) is 11.6 Å². The van der Waals surface area contributed by atoms with Gasteiger partial charge in [0.1, 0.15) is 17.8 Å². The van der Waals surface area contributed by atoms with E-state index in [9.17, 15) is 9.59 Å². The fraction of sp³-hybridized carbons (Fsp3) is 0.0714. The van der Waals surface area contributed by atoms with E-state index in [2.05, 4.69) is 25.8 Å². The molecule has 4 rings (SSSR count). The predicted octanol–water partition coefficient (Wildman–Crippen LogP) is 1.36. The van der Waals surface area contributed by atoms with Crippen molar-refractivity contribution in [1.82, 2.24) is 19.6 Å². The molecular weight excluding hydrogens is 336 g/mol. The fourth-order valence-corrected chi connectivity index (χ4v) is 2.45. The monoisotopic (exact) mass is 344 g/mol. The summed E-state index contributed by atoms with van der Waals surface area (Å²) in [5, 5.41) is 13.1. The highest BCUT2D eigenvalue weighted by molar-refractivity contribution is 6.34. The first-order chi connectivity index (χ1) is 11.6. The maximum atomic E-state index is 12.4. The van der Waals surface area contributed by atoms with Gasteiger partial charge in [-0.3, -0.25) is 14.0 Å². The van der Waals surface area contributed by atoms with Crippen molar-refractivity contribution in [2.45, 2.75) is 0 Å². The third kappa shape index (κ3) is 2.50. The van der Waals surface area contributed by atoms with Crippen LogP contribution in [0.3, 0.4) is 0 Å². The molecule has 0 unspecified atom stereocenters. The van der Waals surface area contributed by atoms with Crippen LogP contribution in [0.15, 0.2) is 30.9 Å².